The number of amidine groups is 1. The molecule has 0 saturated carbocycles. The first-order chi connectivity index (χ1) is 7.79. The Hall–Kier alpha value is -1.88. The second kappa shape index (κ2) is 4.76. The minimum Gasteiger partial charge on any atom is -0.364 e. The topological polar surface area (TPSA) is 79.5 Å². The van der Waals surface area contributed by atoms with Crippen LogP contribution in [0.25, 0.3) is 0 Å². The van der Waals surface area contributed by atoms with Gasteiger partial charge in [0.05, 0.1) is 6.54 Å². The molecule has 1 heterocycles. The Balaban J connectivity index is 2.00. The van der Waals surface area contributed by atoms with Gasteiger partial charge in [0.25, 0.3) is 5.91 Å². The number of hydrogen-bond acceptors (Lipinski definition) is 4. The fraction of sp³-hybridized carbons (Fsp3) is 0.273. The Bertz CT molecular complexity index is 410. The van der Waals surface area contributed by atoms with Crippen LogP contribution < -0.4 is 16.4 Å². The quantitative estimate of drug-likeness (QED) is 0.672. The number of aliphatic imine (C=N–C) groups is 1. The molecule has 4 N–H and O–H groups in total. The fourth-order valence-corrected chi connectivity index (χ4v) is 1.46. The lowest BCUT2D eigenvalue weighted by Crippen LogP contribution is -2.32. The second-order valence-corrected chi connectivity index (χ2v) is 3.51. The maximum Gasteiger partial charge on any atom is 0.290 e. The summed E-state index contributed by atoms with van der Waals surface area (Å²) in [6.45, 7) is 1.90. The SMILES string of the molecule is NCc1ccc(NC(=O)C2=NCCN2)cc1. The smallest absolute Gasteiger partial charge is 0.290 e. The van der Waals surface area contributed by atoms with Crippen LogP contribution in [-0.2, 0) is 11.3 Å². The predicted octanol–water partition coefficient (Wildman–Crippen LogP) is 0.0855. The van der Waals surface area contributed by atoms with E-state index < -0.39 is 0 Å². The third-order valence-corrected chi connectivity index (χ3v) is 2.34. The van der Waals surface area contributed by atoms with Crippen LogP contribution >= 0.6 is 0 Å². The Morgan fingerprint density at radius 1 is 1.44 bits per heavy atom. The maximum atomic E-state index is 11.6. The lowest BCUT2D eigenvalue weighted by molar-refractivity contribution is -0.110. The van der Waals surface area contributed by atoms with Crippen molar-refractivity contribution < 1.29 is 4.79 Å². The first-order valence-corrected chi connectivity index (χ1v) is 5.18. The largest absolute Gasteiger partial charge is 0.364 e. The molecule has 1 aliphatic rings. The lowest BCUT2D eigenvalue weighted by atomic mass is 10.2. The van der Waals surface area contributed by atoms with E-state index in [2.05, 4.69) is 15.6 Å². The van der Waals surface area contributed by atoms with Gasteiger partial charge in [-0.3, -0.25) is 9.79 Å². The van der Waals surface area contributed by atoms with Crippen LogP contribution in [0.15, 0.2) is 29.3 Å². The molecule has 0 fully saturated rings. The van der Waals surface area contributed by atoms with Crippen LogP contribution in [0.4, 0.5) is 5.69 Å². The van der Waals surface area contributed by atoms with Crippen molar-refractivity contribution in [3.63, 3.8) is 0 Å². The van der Waals surface area contributed by atoms with Crippen LogP contribution in [0.5, 0.6) is 0 Å². The van der Waals surface area contributed by atoms with E-state index in [0.717, 1.165) is 17.8 Å². The van der Waals surface area contributed by atoms with Crippen molar-refractivity contribution in [3.8, 4) is 0 Å². The van der Waals surface area contributed by atoms with Gasteiger partial charge >= 0.3 is 0 Å². The third kappa shape index (κ3) is 2.38. The first-order valence-electron chi connectivity index (χ1n) is 5.18. The van der Waals surface area contributed by atoms with E-state index in [1.807, 2.05) is 24.3 Å². The zero-order valence-corrected chi connectivity index (χ0v) is 8.86. The van der Waals surface area contributed by atoms with E-state index in [0.29, 0.717) is 18.9 Å². The van der Waals surface area contributed by atoms with Gasteiger partial charge in [-0.25, -0.2) is 0 Å². The normalized spacial score (nSPS) is 14.2. The molecule has 1 aromatic rings. The minimum absolute atomic E-state index is 0.196. The Morgan fingerprint density at radius 2 is 2.19 bits per heavy atom. The van der Waals surface area contributed by atoms with Crippen LogP contribution in [0.2, 0.25) is 0 Å². The molecule has 1 aliphatic heterocycles. The van der Waals surface area contributed by atoms with Gasteiger partial charge in [-0.15, -0.1) is 0 Å². The highest BCUT2D eigenvalue weighted by Gasteiger charge is 2.14. The average Bonchev–Trinajstić information content (AvgIpc) is 2.83. The van der Waals surface area contributed by atoms with E-state index in [1.165, 1.54) is 0 Å². The molecule has 5 nitrogen and oxygen atoms in total. The van der Waals surface area contributed by atoms with Crippen molar-refractivity contribution in [1.82, 2.24) is 5.32 Å². The number of hydrogen-bond donors (Lipinski definition) is 3. The van der Waals surface area contributed by atoms with Gasteiger partial charge in [0.15, 0.2) is 5.84 Å². The predicted molar refractivity (Wildman–Crippen MR) is 63.3 cm³/mol. The highest BCUT2D eigenvalue weighted by Crippen LogP contribution is 2.09. The molecule has 0 spiro atoms. The molecule has 5 heteroatoms. The van der Waals surface area contributed by atoms with Crippen molar-refractivity contribution >= 4 is 17.4 Å². The molecule has 0 atom stereocenters. The highest BCUT2D eigenvalue weighted by atomic mass is 16.2. The lowest BCUT2D eigenvalue weighted by Gasteiger charge is -2.05. The fourth-order valence-electron chi connectivity index (χ4n) is 1.46. The summed E-state index contributed by atoms with van der Waals surface area (Å²) < 4.78 is 0. The summed E-state index contributed by atoms with van der Waals surface area (Å²) in [5.74, 6) is 0.209. The van der Waals surface area contributed by atoms with Crippen molar-refractivity contribution in [2.45, 2.75) is 6.54 Å². The van der Waals surface area contributed by atoms with E-state index in [1.54, 1.807) is 0 Å². The van der Waals surface area contributed by atoms with Gasteiger partial charge in [0.1, 0.15) is 0 Å². The number of carbonyl (C=O) groups is 1. The monoisotopic (exact) mass is 218 g/mol. The van der Waals surface area contributed by atoms with Gasteiger partial charge in [-0.1, -0.05) is 12.1 Å². The molecule has 0 aromatic heterocycles. The first kappa shape index (κ1) is 10.6. The number of nitrogens with one attached hydrogen (secondary N) is 2. The number of anilines is 1. The molecule has 0 bridgehead atoms. The molecular weight excluding hydrogens is 204 g/mol. The second-order valence-electron chi connectivity index (χ2n) is 3.51. The number of rotatable bonds is 3. The van der Waals surface area contributed by atoms with Crippen LogP contribution in [0.3, 0.4) is 0 Å². The van der Waals surface area contributed by atoms with Gasteiger partial charge < -0.3 is 16.4 Å². The van der Waals surface area contributed by atoms with Gasteiger partial charge in [0.2, 0.25) is 0 Å². The number of benzene rings is 1. The number of nitrogens with zero attached hydrogens (tertiary/aromatic N) is 1. The summed E-state index contributed by atoms with van der Waals surface area (Å²) in [5.41, 5.74) is 7.27. The van der Waals surface area contributed by atoms with Crippen molar-refractivity contribution in [3.05, 3.63) is 29.8 Å². The number of amides is 1. The molecule has 84 valence electrons. The number of carbonyl (C=O) groups excluding carboxylic acids is 1. The Morgan fingerprint density at radius 3 is 2.75 bits per heavy atom. The van der Waals surface area contributed by atoms with E-state index in [9.17, 15) is 4.79 Å². The number of nitrogens with two attached hydrogens (primary N) is 1. The summed E-state index contributed by atoms with van der Waals surface area (Å²) in [6.07, 6.45) is 0. The zero-order chi connectivity index (χ0) is 11.4. The van der Waals surface area contributed by atoms with Crippen LogP contribution in [-0.4, -0.2) is 24.8 Å². The molecule has 2 rings (SSSR count). The van der Waals surface area contributed by atoms with Gasteiger partial charge in [-0.2, -0.15) is 0 Å². The van der Waals surface area contributed by atoms with Gasteiger partial charge in [-0.05, 0) is 17.7 Å². The Kier molecular flexibility index (Phi) is 3.16. The molecule has 0 aliphatic carbocycles. The zero-order valence-electron chi connectivity index (χ0n) is 8.86. The molecule has 0 saturated heterocycles. The molecule has 1 aromatic carbocycles. The molecular formula is C11H14N4O. The molecule has 0 radical (unpaired) electrons. The van der Waals surface area contributed by atoms with E-state index in [-0.39, 0.29) is 5.91 Å². The highest BCUT2D eigenvalue weighted by molar-refractivity contribution is 6.42. The third-order valence-electron chi connectivity index (χ3n) is 2.34. The van der Waals surface area contributed by atoms with Gasteiger partial charge in [0, 0.05) is 18.8 Å². The van der Waals surface area contributed by atoms with Crippen LogP contribution in [0.1, 0.15) is 5.56 Å². The van der Waals surface area contributed by atoms with Crippen molar-refractivity contribution in [2.24, 2.45) is 10.7 Å². The summed E-state index contributed by atoms with van der Waals surface area (Å²) in [5, 5.41) is 5.68. The standard InChI is InChI=1S/C11H14N4O/c12-7-8-1-3-9(4-2-8)15-11(16)10-13-5-6-14-10/h1-4H,5-7,12H2,(H,13,14)(H,15,16). The van der Waals surface area contributed by atoms with Crippen molar-refractivity contribution in [2.75, 3.05) is 18.4 Å². The Labute approximate surface area is 93.7 Å². The minimum atomic E-state index is -0.196. The average molecular weight is 218 g/mol. The summed E-state index contributed by atoms with van der Waals surface area (Å²) in [7, 11) is 0. The van der Waals surface area contributed by atoms with Crippen LogP contribution in [0, 0.1) is 0 Å². The maximum absolute atomic E-state index is 11.6. The summed E-state index contributed by atoms with van der Waals surface area (Å²) >= 11 is 0. The summed E-state index contributed by atoms with van der Waals surface area (Å²) in [6, 6.07) is 7.43. The van der Waals surface area contributed by atoms with Crippen molar-refractivity contribution in [1.29, 1.82) is 0 Å². The molecule has 1 amide bonds. The summed E-state index contributed by atoms with van der Waals surface area (Å²) in [4.78, 5) is 15.7. The van der Waals surface area contributed by atoms with E-state index in [4.69, 9.17) is 5.73 Å². The van der Waals surface area contributed by atoms with E-state index >= 15 is 0 Å². The molecule has 16 heavy (non-hydrogen) atoms. The molecule has 0 unspecified atom stereocenters.